The van der Waals surface area contributed by atoms with Crippen LogP contribution in [0.2, 0.25) is 5.02 Å². The summed E-state index contributed by atoms with van der Waals surface area (Å²) in [6.07, 6.45) is 0. The molecule has 1 heterocycles. The Morgan fingerprint density at radius 1 is 1.25 bits per heavy atom. The highest BCUT2D eigenvalue weighted by atomic mass is 35.5. The van der Waals surface area contributed by atoms with Crippen molar-refractivity contribution in [1.82, 2.24) is 0 Å². The molecule has 0 atom stereocenters. The third-order valence-electron chi connectivity index (χ3n) is 3.29. The molecule has 0 spiro atoms. The van der Waals surface area contributed by atoms with Gasteiger partial charge in [-0.25, -0.2) is 0 Å². The van der Waals surface area contributed by atoms with Crippen LogP contribution in [0.4, 0.5) is 5.69 Å². The number of carbonyl (C=O) groups is 1. The van der Waals surface area contributed by atoms with Crippen molar-refractivity contribution < 1.29 is 9.53 Å². The van der Waals surface area contributed by atoms with Crippen LogP contribution in [0.15, 0.2) is 42.5 Å². The van der Waals surface area contributed by atoms with Gasteiger partial charge in [0.05, 0.1) is 12.2 Å². The van der Waals surface area contributed by atoms with Crippen molar-refractivity contribution in [3.05, 3.63) is 58.6 Å². The van der Waals surface area contributed by atoms with Crippen molar-refractivity contribution in [1.29, 1.82) is 0 Å². The Morgan fingerprint density at radius 2 is 2.10 bits per heavy atom. The number of nitrogens with zero attached hydrogens (tertiary/aromatic N) is 1. The zero-order chi connectivity index (χ0) is 14.1. The quantitative estimate of drug-likeness (QED) is 0.800. The fourth-order valence-corrected chi connectivity index (χ4v) is 2.51. The molecule has 0 saturated carbocycles. The first-order valence-electron chi connectivity index (χ1n) is 6.46. The maximum atomic E-state index is 12.6. The molecule has 1 amide bonds. The second kappa shape index (κ2) is 5.17. The number of halogens is 1. The van der Waals surface area contributed by atoms with Crippen LogP contribution in [0.1, 0.15) is 15.9 Å². The third kappa shape index (κ3) is 2.37. The molecule has 0 bridgehead atoms. The predicted molar refractivity (Wildman–Crippen MR) is 79.8 cm³/mol. The van der Waals surface area contributed by atoms with Gasteiger partial charge in [-0.2, -0.15) is 0 Å². The maximum Gasteiger partial charge on any atom is 0.258 e. The van der Waals surface area contributed by atoms with Gasteiger partial charge in [0, 0.05) is 10.6 Å². The fourth-order valence-electron chi connectivity index (χ4n) is 2.32. The van der Waals surface area contributed by atoms with E-state index in [4.69, 9.17) is 16.3 Å². The molecule has 0 aromatic heterocycles. The van der Waals surface area contributed by atoms with E-state index in [1.54, 1.807) is 29.2 Å². The summed E-state index contributed by atoms with van der Waals surface area (Å²) >= 11 is 5.96. The maximum absolute atomic E-state index is 12.6. The number of rotatable bonds is 1. The average molecular weight is 288 g/mol. The van der Waals surface area contributed by atoms with E-state index in [-0.39, 0.29) is 5.91 Å². The van der Waals surface area contributed by atoms with E-state index < -0.39 is 0 Å². The van der Waals surface area contributed by atoms with Gasteiger partial charge in [-0.1, -0.05) is 23.7 Å². The Morgan fingerprint density at radius 3 is 2.90 bits per heavy atom. The van der Waals surface area contributed by atoms with Crippen LogP contribution >= 0.6 is 11.6 Å². The Bertz CT molecular complexity index is 669. The second-order valence-corrected chi connectivity index (χ2v) is 5.22. The van der Waals surface area contributed by atoms with E-state index >= 15 is 0 Å². The molecule has 0 N–H and O–H groups in total. The standard InChI is InChI=1S/C16H14ClNO2/c1-11-5-6-15-14(9-11)18(7-8-20-15)16(19)12-3-2-4-13(17)10-12/h2-6,9-10H,7-8H2,1H3. The molecular formula is C16H14ClNO2. The van der Waals surface area contributed by atoms with Gasteiger partial charge in [0.2, 0.25) is 0 Å². The summed E-state index contributed by atoms with van der Waals surface area (Å²) in [4.78, 5) is 14.4. The highest BCUT2D eigenvalue weighted by Crippen LogP contribution is 2.33. The van der Waals surface area contributed by atoms with Crippen molar-refractivity contribution in [3.63, 3.8) is 0 Å². The zero-order valence-corrected chi connectivity index (χ0v) is 11.9. The van der Waals surface area contributed by atoms with E-state index in [2.05, 4.69) is 0 Å². The lowest BCUT2D eigenvalue weighted by molar-refractivity contribution is 0.0976. The summed E-state index contributed by atoms with van der Waals surface area (Å²) in [7, 11) is 0. The van der Waals surface area contributed by atoms with Crippen LogP contribution in [-0.2, 0) is 0 Å². The molecule has 102 valence electrons. The van der Waals surface area contributed by atoms with E-state index in [0.717, 1.165) is 17.0 Å². The number of amides is 1. The summed E-state index contributed by atoms with van der Waals surface area (Å²) in [5.74, 6) is 0.694. The van der Waals surface area contributed by atoms with Crippen molar-refractivity contribution in [3.8, 4) is 5.75 Å². The van der Waals surface area contributed by atoms with Gasteiger partial charge < -0.3 is 9.64 Å². The molecule has 2 aromatic rings. The summed E-state index contributed by atoms with van der Waals surface area (Å²) in [6, 6.07) is 12.9. The first-order valence-corrected chi connectivity index (χ1v) is 6.84. The molecule has 3 nitrogen and oxygen atoms in total. The monoisotopic (exact) mass is 287 g/mol. The largest absolute Gasteiger partial charge is 0.490 e. The molecule has 0 radical (unpaired) electrons. The molecule has 0 fully saturated rings. The van der Waals surface area contributed by atoms with Gasteiger partial charge in [0.15, 0.2) is 0 Å². The average Bonchev–Trinajstić information content (AvgIpc) is 2.46. The van der Waals surface area contributed by atoms with Gasteiger partial charge in [0.25, 0.3) is 5.91 Å². The minimum Gasteiger partial charge on any atom is -0.490 e. The molecule has 20 heavy (non-hydrogen) atoms. The normalized spacial score (nSPS) is 13.6. The number of benzene rings is 2. The van der Waals surface area contributed by atoms with Crippen molar-refractivity contribution in [2.24, 2.45) is 0 Å². The fraction of sp³-hybridized carbons (Fsp3) is 0.188. The Kier molecular flexibility index (Phi) is 3.36. The molecule has 0 saturated heterocycles. The lowest BCUT2D eigenvalue weighted by Gasteiger charge is -2.30. The minimum atomic E-state index is -0.0531. The number of ether oxygens (including phenoxy) is 1. The highest BCUT2D eigenvalue weighted by molar-refractivity contribution is 6.31. The molecule has 1 aliphatic rings. The van der Waals surface area contributed by atoms with E-state index in [1.165, 1.54) is 0 Å². The SMILES string of the molecule is Cc1ccc2c(c1)N(C(=O)c1cccc(Cl)c1)CCO2. The van der Waals surface area contributed by atoms with Gasteiger partial charge in [0.1, 0.15) is 12.4 Å². The second-order valence-electron chi connectivity index (χ2n) is 4.79. The lowest BCUT2D eigenvalue weighted by atomic mass is 10.1. The number of carbonyl (C=O) groups excluding carboxylic acids is 1. The first-order chi connectivity index (χ1) is 9.65. The molecule has 0 unspecified atom stereocenters. The molecule has 3 rings (SSSR count). The van der Waals surface area contributed by atoms with Gasteiger partial charge in [-0.05, 0) is 42.8 Å². The van der Waals surface area contributed by atoms with Crippen LogP contribution in [0.3, 0.4) is 0 Å². The molecule has 0 aliphatic carbocycles. The number of aryl methyl sites for hydroxylation is 1. The van der Waals surface area contributed by atoms with Crippen molar-refractivity contribution in [2.45, 2.75) is 6.92 Å². The molecule has 1 aliphatic heterocycles. The van der Waals surface area contributed by atoms with E-state index in [1.807, 2.05) is 25.1 Å². The zero-order valence-electron chi connectivity index (χ0n) is 11.1. The number of hydrogen-bond acceptors (Lipinski definition) is 2. The number of anilines is 1. The van der Waals surface area contributed by atoms with E-state index in [9.17, 15) is 4.79 Å². The smallest absolute Gasteiger partial charge is 0.258 e. The Labute approximate surface area is 122 Å². The van der Waals surface area contributed by atoms with Crippen LogP contribution in [0.25, 0.3) is 0 Å². The molecular weight excluding hydrogens is 274 g/mol. The van der Waals surface area contributed by atoms with Crippen LogP contribution < -0.4 is 9.64 Å². The third-order valence-corrected chi connectivity index (χ3v) is 3.53. The molecule has 4 heteroatoms. The van der Waals surface area contributed by atoms with Crippen LogP contribution in [-0.4, -0.2) is 19.1 Å². The number of hydrogen-bond donors (Lipinski definition) is 0. The van der Waals surface area contributed by atoms with Crippen molar-refractivity contribution >= 4 is 23.2 Å². The summed E-state index contributed by atoms with van der Waals surface area (Å²) in [5.41, 5.74) is 2.51. The van der Waals surface area contributed by atoms with Gasteiger partial charge in [-0.15, -0.1) is 0 Å². The Balaban J connectivity index is 2.00. The van der Waals surface area contributed by atoms with E-state index in [0.29, 0.717) is 23.7 Å². The van der Waals surface area contributed by atoms with Crippen LogP contribution in [0.5, 0.6) is 5.75 Å². The highest BCUT2D eigenvalue weighted by Gasteiger charge is 2.24. The van der Waals surface area contributed by atoms with Crippen LogP contribution in [0, 0.1) is 6.92 Å². The number of fused-ring (bicyclic) bond motifs is 1. The molecule has 2 aromatic carbocycles. The first kappa shape index (κ1) is 13.0. The summed E-state index contributed by atoms with van der Waals surface area (Å²) < 4.78 is 5.60. The summed E-state index contributed by atoms with van der Waals surface area (Å²) in [6.45, 7) is 3.04. The Hall–Kier alpha value is -2.00. The van der Waals surface area contributed by atoms with Gasteiger partial charge >= 0.3 is 0 Å². The summed E-state index contributed by atoms with van der Waals surface area (Å²) in [5, 5.41) is 0.563. The predicted octanol–water partition coefficient (Wildman–Crippen LogP) is 3.69. The minimum absolute atomic E-state index is 0.0531. The topological polar surface area (TPSA) is 29.5 Å². The van der Waals surface area contributed by atoms with Gasteiger partial charge in [-0.3, -0.25) is 4.79 Å². The van der Waals surface area contributed by atoms with Crippen molar-refractivity contribution in [2.75, 3.05) is 18.1 Å². The lowest BCUT2D eigenvalue weighted by Crippen LogP contribution is -2.38.